The second kappa shape index (κ2) is 5.92. The monoisotopic (exact) mass is 270 g/mol. The lowest BCUT2D eigenvalue weighted by atomic mass is 10.2. The molecule has 0 saturated carbocycles. The van der Waals surface area contributed by atoms with Crippen molar-refractivity contribution in [3.05, 3.63) is 58.0 Å². The molecule has 1 N–H and O–H groups in total. The summed E-state index contributed by atoms with van der Waals surface area (Å²) in [6.07, 6.45) is 2.74. The van der Waals surface area contributed by atoms with E-state index in [-0.39, 0.29) is 5.69 Å². The van der Waals surface area contributed by atoms with Gasteiger partial charge in [0.2, 0.25) is 5.43 Å². The maximum Gasteiger partial charge on any atom is 0.302 e. The van der Waals surface area contributed by atoms with E-state index in [2.05, 4.69) is 15.4 Å². The molecule has 0 spiro atoms. The molecule has 1 aromatic carbocycles. The zero-order valence-corrected chi connectivity index (χ0v) is 11.2. The molecule has 20 heavy (non-hydrogen) atoms. The Labute approximate surface area is 115 Å². The number of amides is 1. The van der Waals surface area contributed by atoms with Gasteiger partial charge in [-0.1, -0.05) is 12.1 Å². The molecule has 102 valence electrons. The topological polar surface area (TPSA) is 76.3 Å². The van der Waals surface area contributed by atoms with Crippen molar-refractivity contribution in [3.8, 4) is 5.69 Å². The van der Waals surface area contributed by atoms with Crippen LogP contribution in [0.2, 0.25) is 0 Å². The van der Waals surface area contributed by atoms with Gasteiger partial charge in [0.15, 0.2) is 5.69 Å². The lowest BCUT2D eigenvalue weighted by Crippen LogP contribution is -2.20. The first-order valence-corrected chi connectivity index (χ1v) is 6.03. The largest absolute Gasteiger partial charge is 0.379 e. The fourth-order valence-electron chi connectivity index (χ4n) is 1.65. The number of nitrogens with one attached hydrogen (secondary N) is 1. The van der Waals surface area contributed by atoms with Crippen molar-refractivity contribution >= 4 is 12.2 Å². The summed E-state index contributed by atoms with van der Waals surface area (Å²) in [5.41, 5.74) is 1.17. The molecule has 0 fully saturated rings. The number of hydrogen-bond acceptors (Lipinski definition) is 3. The zero-order valence-electron chi connectivity index (χ0n) is 11.2. The molecule has 0 unspecified atom stereocenters. The Balaban J connectivity index is 2.46. The number of nitrogens with zero attached hydrogens (tertiary/aromatic N) is 3. The van der Waals surface area contributed by atoms with Crippen molar-refractivity contribution in [2.45, 2.75) is 6.92 Å². The molecule has 1 amide bonds. The Morgan fingerprint density at radius 2 is 2.20 bits per heavy atom. The van der Waals surface area contributed by atoms with Gasteiger partial charge in [-0.05, 0) is 24.6 Å². The van der Waals surface area contributed by atoms with Crippen LogP contribution >= 0.6 is 0 Å². The fourth-order valence-corrected chi connectivity index (χ4v) is 1.65. The lowest BCUT2D eigenvalue weighted by molar-refractivity contribution is 0.0995. The van der Waals surface area contributed by atoms with Crippen LogP contribution in [0.3, 0.4) is 0 Å². The van der Waals surface area contributed by atoms with Crippen LogP contribution in [0.15, 0.2) is 46.3 Å². The molecule has 1 heterocycles. The summed E-state index contributed by atoms with van der Waals surface area (Å²) >= 11 is 0. The van der Waals surface area contributed by atoms with Gasteiger partial charge in [0.1, 0.15) is 0 Å². The molecule has 2 aromatic rings. The van der Waals surface area contributed by atoms with Crippen molar-refractivity contribution in [3.63, 3.8) is 0 Å². The van der Waals surface area contributed by atoms with Gasteiger partial charge in [-0.2, -0.15) is 10.1 Å². The second-order valence-corrected chi connectivity index (χ2v) is 4.16. The Morgan fingerprint density at radius 1 is 1.40 bits per heavy atom. The average molecular weight is 270 g/mol. The SMILES string of the molecule is CN/C=N/C(=O)c1nn(-c2cccc(C)c2)ccc1=O. The first-order chi connectivity index (χ1) is 9.61. The van der Waals surface area contributed by atoms with Gasteiger partial charge in [-0.15, -0.1) is 0 Å². The van der Waals surface area contributed by atoms with Crippen LogP contribution in [0.4, 0.5) is 0 Å². The minimum Gasteiger partial charge on any atom is -0.379 e. The predicted octanol–water partition coefficient (Wildman–Crippen LogP) is 0.929. The highest BCUT2D eigenvalue weighted by Crippen LogP contribution is 2.08. The predicted molar refractivity (Wildman–Crippen MR) is 76.5 cm³/mol. The van der Waals surface area contributed by atoms with Crippen molar-refractivity contribution in [1.29, 1.82) is 0 Å². The van der Waals surface area contributed by atoms with Gasteiger partial charge in [-0.3, -0.25) is 9.59 Å². The van der Waals surface area contributed by atoms with Crippen molar-refractivity contribution in [1.82, 2.24) is 15.1 Å². The van der Waals surface area contributed by atoms with Gasteiger partial charge < -0.3 is 5.32 Å². The van der Waals surface area contributed by atoms with E-state index in [1.54, 1.807) is 7.05 Å². The molecule has 0 bridgehead atoms. The molecule has 0 aliphatic rings. The smallest absolute Gasteiger partial charge is 0.302 e. The average Bonchev–Trinajstić information content (AvgIpc) is 2.45. The molecule has 0 aliphatic carbocycles. The summed E-state index contributed by atoms with van der Waals surface area (Å²) in [6, 6.07) is 8.88. The Kier molecular flexibility index (Phi) is 4.05. The summed E-state index contributed by atoms with van der Waals surface area (Å²) in [7, 11) is 1.61. The summed E-state index contributed by atoms with van der Waals surface area (Å²) in [6.45, 7) is 1.95. The minimum atomic E-state index is -0.675. The molecular weight excluding hydrogens is 256 g/mol. The maximum absolute atomic E-state index is 11.8. The molecule has 0 atom stereocenters. The summed E-state index contributed by atoms with van der Waals surface area (Å²) in [4.78, 5) is 27.0. The first-order valence-electron chi connectivity index (χ1n) is 6.03. The Bertz CT molecular complexity index is 719. The maximum atomic E-state index is 11.8. The summed E-state index contributed by atoms with van der Waals surface area (Å²) in [5.74, 6) is -0.675. The molecule has 1 aromatic heterocycles. The van der Waals surface area contributed by atoms with Crippen LogP contribution in [0.25, 0.3) is 5.69 Å². The van der Waals surface area contributed by atoms with Crippen LogP contribution in [-0.2, 0) is 0 Å². The highest BCUT2D eigenvalue weighted by atomic mass is 16.2. The summed E-state index contributed by atoms with van der Waals surface area (Å²) in [5, 5.41) is 6.64. The van der Waals surface area contributed by atoms with Crippen LogP contribution in [-0.4, -0.2) is 29.1 Å². The van der Waals surface area contributed by atoms with E-state index in [0.717, 1.165) is 11.3 Å². The van der Waals surface area contributed by atoms with E-state index >= 15 is 0 Å². The standard InChI is InChI=1S/C14H14N4O2/c1-10-4-3-5-11(8-10)18-7-6-12(19)13(17-18)14(20)16-9-15-2/h3-9H,1-2H3,(H,15,16,20). The molecular formula is C14H14N4O2. The fraction of sp³-hybridized carbons (Fsp3) is 0.143. The number of aryl methyl sites for hydroxylation is 1. The lowest BCUT2D eigenvalue weighted by Gasteiger charge is -2.06. The number of aliphatic imine (C=N–C) groups is 1. The number of aromatic nitrogens is 2. The van der Waals surface area contributed by atoms with Gasteiger partial charge in [-0.25, -0.2) is 4.68 Å². The van der Waals surface area contributed by atoms with Gasteiger partial charge in [0.05, 0.1) is 12.0 Å². The highest BCUT2D eigenvalue weighted by molar-refractivity contribution is 5.96. The zero-order chi connectivity index (χ0) is 14.5. The van der Waals surface area contributed by atoms with Gasteiger partial charge >= 0.3 is 5.91 Å². The molecule has 0 saturated heterocycles. The molecule has 2 rings (SSSR count). The van der Waals surface area contributed by atoms with E-state index in [0.29, 0.717) is 0 Å². The molecule has 0 aliphatic heterocycles. The highest BCUT2D eigenvalue weighted by Gasteiger charge is 2.11. The number of rotatable bonds is 3. The molecule has 6 heteroatoms. The third kappa shape index (κ3) is 2.97. The number of carbonyl (C=O) groups excluding carboxylic acids is 1. The molecule has 6 nitrogen and oxygen atoms in total. The number of benzene rings is 1. The second-order valence-electron chi connectivity index (χ2n) is 4.16. The van der Waals surface area contributed by atoms with Crippen molar-refractivity contribution in [2.24, 2.45) is 4.99 Å². The van der Waals surface area contributed by atoms with Crippen LogP contribution < -0.4 is 10.7 Å². The van der Waals surface area contributed by atoms with E-state index in [4.69, 9.17) is 0 Å². The Hall–Kier alpha value is -2.76. The first kappa shape index (κ1) is 13.7. The van der Waals surface area contributed by atoms with E-state index in [1.807, 2.05) is 31.2 Å². The quantitative estimate of drug-likeness (QED) is 0.665. The van der Waals surface area contributed by atoms with E-state index < -0.39 is 11.3 Å². The number of hydrogen-bond donors (Lipinski definition) is 1. The van der Waals surface area contributed by atoms with Gasteiger partial charge in [0, 0.05) is 19.3 Å². The van der Waals surface area contributed by atoms with Crippen molar-refractivity contribution < 1.29 is 4.79 Å². The van der Waals surface area contributed by atoms with E-state index in [1.165, 1.54) is 23.3 Å². The van der Waals surface area contributed by atoms with Crippen LogP contribution in [0.1, 0.15) is 16.1 Å². The third-order valence-electron chi connectivity index (χ3n) is 2.59. The van der Waals surface area contributed by atoms with Crippen LogP contribution in [0, 0.1) is 6.92 Å². The minimum absolute atomic E-state index is 0.208. The number of carbonyl (C=O) groups is 1. The molecule has 0 radical (unpaired) electrons. The van der Waals surface area contributed by atoms with Crippen molar-refractivity contribution in [2.75, 3.05) is 7.05 Å². The normalized spacial score (nSPS) is 10.7. The Morgan fingerprint density at radius 3 is 2.90 bits per heavy atom. The summed E-state index contributed by atoms with van der Waals surface area (Å²) < 4.78 is 1.48. The van der Waals surface area contributed by atoms with Crippen LogP contribution in [0.5, 0.6) is 0 Å². The third-order valence-corrected chi connectivity index (χ3v) is 2.59. The van der Waals surface area contributed by atoms with Gasteiger partial charge in [0.25, 0.3) is 0 Å². The van der Waals surface area contributed by atoms with E-state index in [9.17, 15) is 9.59 Å².